The van der Waals surface area contributed by atoms with Crippen LogP contribution in [0.5, 0.6) is 0 Å². The Labute approximate surface area is 92.1 Å². The number of fused-ring (bicyclic) bond motifs is 1. The van der Waals surface area contributed by atoms with Gasteiger partial charge in [-0.15, -0.1) is 0 Å². The molecule has 0 aliphatic heterocycles. The van der Waals surface area contributed by atoms with Crippen LogP contribution in [0.25, 0.3) is 11.0 Å². The van der Waals surface area contributed by atoms with Crippen molar-refractivity contribution in [3.05, 3.63) is 36.1 Å². The number of hydrogen-bond acceptors (Lipinski definition) is 3. The lowest BCUT2D eigenvalue weighted by molar-refractivity contribution is -0.144. The van der Waals surface area contributed by atoms with E-state index in [4.69, 9.17) is 9.52 Å². The highest BCUT2D eigenvalue weighted by Crippen LogP contribution is 2.32. The van der Waals surface area contributed by atoms with Crippen molar-refractivity contribution in [1.82, 2.24) is 0 Å². The number of aliphatic carboxylic acids is 1. The van der Waals surface area contributed by atoms with Crippen molar-refractivity contribution in [1.29, 1.82) is 0 Å². The average molecular weight is 220 g/mol. The molecule has 2 N–H and O–H groups in total. The van der Waals surface area contributed by atoms with Crippen LogP contribution in [0.4, 0.5) is 0 Å². The summed E-state index contributed by atoms with van der Waals surface area (Å²) < 4.78 is 5.27. The van der Waals surface area contributed by atoms with E-state index < -0.39 is 18.0 Å². The summed E-state index contributed by atoms with van der Waals surface area (Å²) in [6.45, 7) is 1.01. The van der Waals surface area contributed by atoms with E-state index in [9.17, 15) is 9.90 Å². The highest BCUT2D eigenvalue weighted by molar-refractivity contribution is 5.90. The van der Waals surface area contributed by atoms with Gasteiger partial charge in [-0.05, 0) is 13.0 Å². The van der Waals surface area contributed by atoms with E-state index in [-0.39, 0.29) is 0 Å². The smallest absolute Gasteiger partial charge is 0.316 e. The van der Waals surface area contributed by atoms with Crippen molar-refractivity contribution >= 4 is 16.9 Å². The van der Waals surface area contributed by atoms with Gasteiger partial charge in [-0.25, -0.2) is 0 Å². The molecule has 0 aliphatic rings. The predicted octanol–water partition coefficient (Wildman–Crippen LogP) is 1.77. The quantitative estimate of drug-likeness (QED) is 0.826. The zero-order valence-electron chi connectivity index (χ0n) is 8.80. The molecule has 0 bridgehead atoms. The fraction of sp³-hybridized carbons (Fsp3) is 0.250. The number of para-hydroxylation sites is 1. The van der Waals surface area contributed by atoms with E-state index >= 15 is 0 Å². The molecule has 0 amide bonds. The minimum atomic E-state index is -1.33. The first-order chi connectivity index (χ1) is 7.59. The largest absolute Gasteiger partial charge is 0.481 e. The third-order valence-corrected chi connectivity index (χ3v) is 2.86. The molecule has 16 heavy (non-hydrogen) atoms. The van der Waals surface area contributed by atoms with Gasteiger partial charge in [0.2, 0.25) is 0 Å². The van der Waals surface area contributed by atoms with Crippen LogP contribution in [0.3, 0.4) is 0 Å². The topological polar surface area (TPSA) is 70.7 Å². The van der Waals surface area contributed by atoms with Gasteiger partial charge in [0.05, 0.1) is 12.9 Å². The van der Waals surface area contributed by atoms with Gasteiger partial charge in [-0.2, -0.15) is 0 Å². The molecular formula is C12H12O4. The third-order valence-electron chi connectivity index (χ3n) is 2.86. The predicted molar refractivity (Wildman–Crippen MR) is 58.3 cm³/mol. The van der Waals surface area contributed by atoms with Crippen LogP contribution < -0.4 is 0 Å². The minimum absolute atomic E-state index is 0.466. The lowest BCUT2D eigenvalue weighted by Gasteiger charge is -2.20. The molecule has 2 rings (SSSR count). The normalized spacial score (nSPS) is 14.9. The van der Waals surface area contributed by atoms with Gasteiger partial charge < -0.3 is 14.6 Å². The second kappa shape index (κ2) is 3.64. The van der Waals surface area contributed by atoms with Crippen molar-refractivity contribution in [2.75, 3.05) is 6.61 Å². The van der Waals surface area contributed by atoms with Crippen LogP contribution in [-0.2, 0) is 10.2 Å². The van der Waals surface area contributed by atoms with Crippen LogP contribution in [0.15, 0.2) is 34.9 Å². The summed E-state index contributed by atoms with van der Waals surface area (Å²) in [4.78, 5) is 11.2. The number of furan rings is 1. The number of aliphatic hydroxyl groups excluding tert-OH is 1. The van der Waals surface area contributed by atoms with Crippen LogP contribution in [-0.4, -0.2) is 22.8 Å². The summed E-state index contributed by atoms with van der Waals surface area (Å²) in [5.41, 5.74) is -0.205. The van der Waals surface area contributed by atoms with Gasteiger partial charge >= 0.3 is 5.97 Å². The molecule has 4 heteroatoms. The zero-order chi connectivity index (χ0) is 11.8. The van der Waals surface area contributed by atoms with Crippen LogP contribution >= 0.6 is 0 Å². The fourth-order valence-corrected chi connectivity index (χ4v) is 1.67. The molecule has 1 aromatic carbocycles. The fourth-order valence-electron chi connectivity index (χ4n) is 1.67. The van der Waals surface area contributed by atoms with Gasteiger partial charge in [0.15, 0.2) is 0 Å². The van der Waals surface area contributed by atoms with Crippen LogP contribution in [0, 0.1) is 0 Å². The van der Waals surface area contributed by atoms with Crippen molar-refractivity contribution in [3.63, 3.8) is 0 Å². The maximum Gasteiger partial charge on any atom is 0.316 e. The van der Waals surface area contributed by atoms with Gasteiger partial charge in [0.25, 0.3) is 0 Å². The SMILES string of the molecule is CC(CO)(C(=O)O)c1coc2ccccc12. The standard InChI is InChI=1S/C12H12O4/c1-12(7-13,11(14)15)9-6-16-10-5-3-2-4-8(9)10/h2-6,13H,7H2,1H3,(H,14,15). The van der Waals surface area contributed by atoms with Crippen molar-refractivity contribution in [2.45, 2.75) is 12.3 Å². The summed E-state index contributed by atoms with van der Waals surface area (Å²) in [5.74, 6) is -1.07. The van der Waals surface area contributed by atoms with E-state index in [2.05, 4.69) is 0 Å². The Morgan fingerprint density at radius 1 is 1.44 bits per heavy atom. The van der Waals surface area contributed by atoms with Crippen LogP contribution in [0.1, 0.15) is 12.5 Å². The second-order valence-corrected chi connectivity index (χ2v) is 3.94. The molecule has 1 unspecified atom stereocenters. The summed E-state index contributed by atoms with van der Waals surface area (Å²) in [6, 6.07) is 7.16. The highest BCUT2D eigenvalue weighted by atomic mass is 16.4. The van der Waals surface area contributed by atoms with E-state index in [0.29, 0.717) is 11.1 Å². The molecule has 1 heterocycles. The molecule has 0 saturated carbocycles. The Hall–Kier alpha value is -1.81. The molecule has 0 aliphatic carbocycles. The number of rotatable bonds is 3. The summed E-state index contributed by atoms with van der Waals surface area (Å²) in [5, 5.41) is 19.2. The van der Waals surface area contributed by atoms with E-state index in [1.807, 2.05) is 6.07 Å². The van der Waals surface area contributed by atoms with E-state index in [0.717, 1.165) is 5.39 Å². The lowest BCUT2D eigenvalue weighted by atomic mass is 9.83. The number of benzene rings is 1. The molecule has 1 atom stereocenters. The Kier molecular flexibility index (Phi) is 2.44. The van der Waals surface area contributed by atoms with E-state index in [1.54, 1.807) is 18.2 Å². The molecule has 0 radical (unpaired) electrons. The van der Waals surface area contributed by atoms with Crippen LogP contribution in [0.2, 0.25) is 0 Å². The lowest BCUT2D eigenvalue weighted by Crippen LogP contribution is -2.35. The first-order valence-electron chi connectivity index (χ1n) is 4.90. The Bertz CT molecular complexity index is 529. The summed E-state index contributed by atoms with van der Waals surface area (Å²) in [6.07, 6.45) is 1.40. The summed E-state index contributed by atoms with van der Waals surface area (Å²) >= 11 is 0. The first-order valence-corrected chi connectivity index (χ1v) is 4.90. The Balaban J connectivity index is 2.67. The zero-order valence-corrected chi connectivity index (χ0v) is 8.80. The second-order valence-electron chi connectivity index (χ2n) is 3.94. The monoisotopic (exact) mass is 220 g/mol. The molecule has 0 fully saturated rings. The molecule has 0 spiro atoms. The number of carboxylic acid groups (broad SMARTS) is 1. The number of carbonyl (C=O) groups is 1. The highest BCUT2D eigenvalue weighted by Gasteiger charge is 2.37. The third kappa shape index (κ3) is 1.39. The Morgan fingerprint density at radius 2 is 2.12 bits per heavy atom. The molecular weight excluding hydrogens is 208 g/mol. The van der Waals surface area contributed by atoms with Crippen molar-refractivity contribution in [3.8, 4) is 0 Å². The molecule has 84 valence electrons. The molecule has 0 saturated heterocycles. The van der Waals surface area contributed by atoms with Gasteiger partial charge in [-0.1, -0.05) is 18.2 Å². The average Bonchev–Trinajstić information content (AvgIpc) is 2.72. The maximum atomic E-state index is 11.2. The van der Waals surface area contributed by atoms with Crippen molar-refractivity contribution < 1.29 is 19.4 Å². The molecule has 2 aromatic rings. The number of aliphatic hydroxyl groups is 1. The van der Waals surface area contributed by atoms with E-state index in [1.165, 1.54) is 13.2 Å². The Morgan fingerprint density at radius 3 is 2.75 bits per heavy atom. The van der Waals surface area contributed by atoms with Gasteiger partial charge in [0, 0.05) is 10.9 Å². The molecule has 4 nitrogen and oxygen atoms in total. The summed E-state index contributed by atoms with van der Waals surface area (Å²) in [7, 11) is 0. The van der Waals surface area contributed by atoms with Gasteiger partial charge in [-0.3, -0.25) is 4.79 Å². The van der Waals surface area contributed by atoms with Gasteiger partial charge in [0.1, 0.15) is 11.0 Å². The number of hydrogen-bond donors (Lipinski definition) is 2. The molecule has 1 aromatic heterocycles. The maximum absolute atomic E-state index is 11.2. The minimum Gasteiger partial charge on any atom is -0.481 e. The number of carboxylic acids is 1. The first kappa shape index (κ1) is 10.7. The van der Waals surface area contributed by atoms with Crippen molar-refractivity contribution in [2.24, 2.45) is 0 Å².